The van der Waals surface area contributed by atoms with Gasteiger partial charge < -0.3 is 10.1 Å². The third-order valence-corrected chi connectivity index (χ3v) is 4.41. The Morgan fingerprint density at radius 1 is 1.12 bits per heavy atom. The van der Waals surface area contributed by atoms with Gasteiger partial charge in [-0.25, -0.2) is 14.2 Å². The highest BCUT2D eigenvalue weighted by molar-refractivity contribution is 7.22. The fraction of sp³-hybridized carbons (Fsp3) is 0.222. The number of amides is 2. The lowest BCUT2D eigenvalue weighted by Gasteiger charge is -2.07. The summed E-state index contributed by atoms with van der Waals surface area (Å²) in [5.41, 5.74) is 0.876. The Hall–Kier alpha value is -2.67. The molecule has 0 unspecified atom stereocenters. The van der Waals surface area contributed by atoms with Crippen molar-refractivity contribution in [2.24, 2.45) is 0 Å². The zero-order chi connectivity index (χ0) is 17.5. The number of nitrogens with one attached hydrogen (secondary N) is 2. The number of benzene rings is 2. The Labute approximate surface area is 148 Å². The van der Waals surface area contributed by atoms with Crippen LogP contribution in [0.3, 0.4) is 0 Å². The lowest BCUT2D eigenvalue weighted by atomic mass is 10.3. The molecule has 3 aromatic rings. The van der Waals surface area contributed by atoms with Gasteiger partial charge in [0.15, 0.2) is 5.13 Å². The van der Waals surface area contributed by atoms with Crippen molar-refractivity contribution in [3.8, 4) is 5.75 Å². The van der Waals surface area contributed by atoms with E-state index in [1.807, 2.05) is 24.3 Å². The molecule has 0 spiro atoms. The fourth-order valence-corrected chi connectivity index (χ4v) is 3.08. The van der Waals surface area contributed by atoms with Gasteiger partial charge in [0.2, 0.25) is 0 Å². The number of unbranched alkanes of at least 4 members (excludes halogenated alkanes) is 1. The molecule has 130 valence electrons. The third kappa shape index (κ3) is 5.15. The minimum absolute atomic E-state index is 0.265. The van der Waals surface area contributed by atoms with Crippen LogP contribution in [-0.2, 0) is 0 Å². The quantitative estimate of drug-likeness (QED) is 0.614. The highest BCUT2D eigenvalue weighted by Gasteiger charge is 2.06. The number of nitrogens with zero attached hydrogens (tertiary/aromatic N) is 1. The van der Waals surface area contributed by atoms with Gasteiger partial charge in [-0.3, -0.25) is 5.32 Å². The molecule has 1 heterocycles. The number of hydrogen-bond donors (Lipinski definition) is 2. The van der Waals surface area contributed by atoms with Crippen molar-refractivity contribution in [1.82, 2.24) is 10.3 Å². The van der Waals surface area contributed by atoms with Gasteiger partial charge in [0.05, 0.1) is 16.8 Å². The predicted molar refractivity (Wildman–Crippen MR) is 97.8 cm³/mol. The second kappa shape index (κ2) is 8.43. The lowest BCUT2D eigenvalue weighted by Crippen LogP contribution is -2.29. The summed E-state index contributed by atoms with van der Waals surface area (Å²) in [4.78, 5) is 16.2. The van der Waals surface area contributed by atoms with Gasteiger partial charge in [-0.15, -0.1) is 0 Å². The second-order valence-corrected chi connectivity index (χ2v) is 6.41. The van der Waals surface area contributed by atoms with Crippen LogP contribution in [0.1, 0.15) is 12.8 Å². The molecule has 2 N–H and O–H groups in total. The molecule has 2 aromatic carbocycles. The van der Waals surface area contributed by atoms with Crippen LogP contribution in [0, 0.1) is 5.82 Å². The first-order valence-corrected chi connectivity index (χ1v) is 8.81. The number of anilines is 1. The summed E-state index contributed by atoms with van der Waals surface area (Å²) in [6, 6.07) is 13.4. The van der Waals surface area contributed by atoms with Gasteiger partial charge in [-0.05, 0) is 49.2 Å². The van der Waals surface area contributed by atoms with Crippen molar-refractivity contribution in [1.29, 1.82) is 0 Å². The van der Waals surface area contributed by atoms with E-state index in [1.165, 1.54) is 23.5 Å². The Morgan fingerprint density at radius 3 is 2.72 bits per heavy atom. The maximum absolute atomic E-state index is 12.8. The number of ether oxygens (including phenoxy) is 1. The van der Waals surface area contributed by atoms with Crippen molar-refractivity contribution in [2.75, 3.05) is 18.5 Å². The summed E-state index contributed by atoms with van der Waals surface area (Å²) in [5.74, 6) is 0.360. The summed E-state index contributed by atoms with van der Waals surface area (Å²) in [6.07, 6.45) is 1.58. The smallest absolute Gasteiger partial charge is 0.321 e. The number of para-hydroxylation sites is 1. The zero-order valence-corrected chi connectivity index (χ0v) is 14.3. The SMILES string of the molecule is O=C(NCCCCOc1ccc(F)cc1)Nc1nc2ccccc2s1. The summed E-state index contributed by atoms with van der Waals surface area (Å²) >= 11 is 1.44. The highest BCUT2D eigenvalue weighted by atomic mass is 32.1. The molecule has 1 aromatic heterocycles. The van der Waals surface area contributed by atoms with Crippen LogP contribution < -0.4 is 15.4 Å². The Morgan fingerprint density at radius 2 is 1.92 bits per heavy atom. The fourth-order valence-electron chi connectivity index (χ4n) is 2.22. The molecular formula is C18H18FN3O2S. The zero-order valence-electron chi connectivity index (χ0n) is 13.5. The number of carbonyl (C=O) groups excluding carboxylic acids is 1. The number of halogens is 1. The van der Waals surface area contributed by atoms with Crippen LogP contribution in [0.25, 0.3) is 10.2 Å². The number of carbonyl (C=O) groups is 1. The number of hydrogen-bond acceptors (Lipinski definition) is 4. The van der Waals surface area contributed by atoms with Crippen molar-refractivity contribution >= 4 is 32.7 Å². The van der Waals surface area contributed by atoms with Crippen LogP contribution in [0.4, 0.5) is 14.3 Å². The molecule has 25 heavy (non-hydrogen) atoms. The molecule has 0 saturated heterocycles. The standard InChI is InChI=1S/C18H18FN3O2S/c19-13-7-9-14(10-8-13)24-12-4-3-11-20-17(23)22-18-21-15-5-1-2-6-16(15)25-18/h1-2,5-10H,3-4,11-12H2,(H2,20,21,22,23). The van der Waals surface area contributed by atoms with E-state index >= 15 is 0 Å². The maximum Gasteiger partial charge on any atom is 0.321 e. The van der Waals surface area contributed by atoms with E-state index < -0.39 is 0 Å². The van der Waals surface area contributed by atoms with E-state index in [0.29, 0.717) is 24.0 Å². The molecule has 2 amide bonds. The first-order chi connectivity index (χ1) is 12.2. The maximum atomic E-state index is 12.8. The average Bonchev–Trinajstić information content (AvgIpc) is 3.01. The Bertz CT molecular complexity index is 803. The normalized spacial score (nSPS) is 10.6. The Kier molecular flexibility index (Phi) is 5.79. The molecule has 0 radical (unpaired) electrons. The van der Waals surface area contributed by atoms with Crippen molar-refractivity contribution in [2.45, 2.75) is 12.8 Å². The van der Waals surface area contributed by atoms with E-state index in [9.17, 15) is 9.18 Å². The number of urea groups is 1. The lowest BCUT2D eigenvalue weighted by molar-refractivity contribution is 0.251. The van der Waals surface area contributed by atoms with E-state index in [-0.39, 0.29) is 11.8 Å². The first-order valence-electron chi connectivity index (χ1n) is 7.99. The Balaban J connectivity index is 1.32. The van der Waals surface area contributed by atoms with Gasteiger partial charge in [-0.1, -0.05) is 23.5 Å². The van der Waals surface area contributed by atoms with Gasteiger partial charge in [-0.2, -0.15) is 0 Å². The van der Waals surface area contributed by atoms with Gasteiger partial charge in [0, 0.05) is 6.54 Å². The van der Waals surface area contributed by atoms with Gasteiger partial charge >= 0.3 is 6.03 Å². The molecule has 0 atom stereocenters. The van der Waals surface area contributed by atoms with Crippen molar-refractivity contribution in [3.05, 3.63) is 54.3 Å². The molecule has 3 rings (SSSR count). The molecular weight excluding hydrogens is 341 g/mol. The number of thiazole rings is 1. The molecule has 0 aliphatic carbocycles. The minimum atomic E-state index is -0.282. The molecule has 0 bridgehead atoms. The van der Waals surface area contributed by atoms with Crippen LogP contribution in [0.2, 0.25) is 0 Å². The molecule has 0 aliphatic rings. The summed E-state index contributed by atoms with van der Waals surface area (Å²) in [5, 5.41) is 6.12. The van der Waals surface area contributed by atoms with Crippen LogP contribution in [-0.4, -0.2) is 24.2 Å². The summed E-state index contributed by atoms with van der Waals surface area (Å²) in [6.45, 7) is 1.07. The van der Waals surface area contributed by atoms with Crippen LogP contribution >= 0.6 is 11.3 Å². The second-order valence-electron chi connectivity index (χ2n) is 5.38. The van der Waals surface area contributed by atoms with Crippen LogP contribution in [0.15, 0.2) is 48.5 Å². The number of aromatic nitrogens is 1. The first kappa shape index (κ1) is 17.2. The molecule has 0 fully saturated rings. The predicted octanol–water partition coefficient (Wildman–Crippen LogP) is 4.42. The third-order valence-electron chi connectivity index (χ3n) is 3.45. The largest absolute Gasteiger partial charge is 0.494 e. The summed E-state index contributed by atoms with van der Waals surface area (Å²) in [7, 11) is 0. The number of fused-ring (bicyclic) bond motifs is 1. The molecule has 0 aliphatic heterocycles. The van der Waals surface area contributed by atoms with E-state index in [0.717, 1.165) is 23.1 Å². The van der Waals surface area contributed by atoms with Crippen molar-refractivity contribution < 1.29 is 13.9 Å². The topological polar surface area (TPSA) is 63.2 Å². The monoisotopic (exact) mass is 359 g/mol. The number of rotatable bonds is 7. The molecule has 5 nitrogen and oxygen atoms in total. The average molecular weight is 359 g/mol. The van der Waals surface area contributed by atoms with E-state index in [2.05, 4.69) is 15.6 Å². The van der Waals surface area contributed by atoms with Gasteiger partial charge in [0.1, 0.15) is 11.6 Å². The highest BCUT2D eigenvalue weighted by Crippen LogP contribution is 2.25. The van der Waals surface area contributed by atoms with Crippen molar-refractivity contribution in [3.63, 3.8) is 0 Å². The van der Waals surface area contributed by atoms with E-state index in [4.69, 9.17) is 4.74 Å². The minimum Gasteiger partial charge on any atom is -0.494 e. The van der Waals surface area contributed by atoms with Crippen LogP contribution in [0.5, 0.6) is 5.75 Å². The summed E-state index contributed by atoms with van der Waals surface area (Å²) < 4.78 is 19.3. The molecule has 7 heteroatoms. The van der Waals surface area contributed by atoms with E-state index in [1.54, 1.807) is 12.1 Å². The molecule has 0 saturated carbocycles. The van der Waals surface area contributed by atoms with Gasteiger partial charge in [0.25, 0.3) is 0 Å².